The van der Waals surface area contributed by atoms with Crippen molar-refractivity contribution in [2.75, 3.05) is 6.61 Å². The number of rotatable bonds is 5. The third kappa shape index (κ3) is 2.83. The summed E-state index contributed by atoms with van der Waals surface area (Å²) in [7, 11) is 0. The lowest BCUT2D eigenvalue weighted by Crippen LogP contribution is -2.11. The highest BCUT2D eigenvalue weighted by Crippen LogP contribution is 2.36. The fraction of sp³-hybridized carbons (Fsp3) is 0.167. The van der Waals surface area contributed by atoms with Gasteiger partial charge in [0.1, 0.15) is 5.69 Å². The Bertz CT molecular complexity index is 856. The van der Waals surface area contributed by atoms with Gasteiger partial charge in [-0.3, -0.25) is 0 Å². The zero-order valence-corrected chi connectivity index (χ0v) is 13.1. The summed E-state index contributed by atoms with van der Waals surface area (Å²) in [5.41, 5.74) is 1.96. The third-order valence-corrected chi connectivity index (χ3v) is 4.06. The lowest BCUT2D eigenvalue weighted by atomic mass is 10.1. The fourth-order valence-electron chi connectivity index (χ4n) is 2.91. The Morgan fingerprint density at radius 1 is 1.09 bits per heavy atom. The van der Waals surface area contributed by atoms with E-state index in [2.05, 4.69) is 0 Å². The van der Waals surface area contributed by atoms with Gasteiger partial charge in [0.15, 0.2) is 0 Å². The van der Waals surface area contributed by atoms with Gasteiger partial charge in [0, 0.05) is 28.9 Å². The van der Waals surface area contributed by atoms with Crippen molar-refractivity contribution in [2.45, 2.75) is 13.0 Å². The van der Waals surface area contributed by atoms with E-state index in [1.807, 2.05) is 30.3 Å². The molecule has 0 unspecified atom stereocenters. The molecule has 0 aliphatic heterocycles. The first kappa shape index (κ1) is 15.6. The summed E-state index contributed by atoms with van der Waals surface area (Å²) in [5, 5.41) is 20.8. The predicted octanol–water partition coefficient (Wildman–Crippen LogP) is 4.04. The Morgan fingerprint density at radius 3 is 2.48 bits per heavy atom. The van der Waals surface area contributed by atoms with Gasteiger partial charge in [0.05, 0.1) is 5.69 Å². The van der Waals surface area contributed by atoms with E-state index in [1.54, 1.807) is 22.8 Å². The molecule has 0 aliphatic rings. The monoisotopic (exact) mass is 329 g/mol. The number of carbonyl (C=O) groups is 1. The lowest BCUT2D eigenvalue weighted by molar-refractivity contribution is 0.0687. The van der Waals surface area contributed by atoms with Crippen LogP contribution in [0.5, 0.6) is 0 Å². The number of hydrogen-bond acceptors (Lipinski definition) is 2. The number of halogens is 1. The number of aromatic nitrogens is 1. The second kappa shape index (κ2) is 6.44. The largest absolute Gasteiger partial charge is 0.477 e. The van der Waals surface area contributed by atoms with E-state index in [0.717, 1.165) is 16.6 Å². The molecule has 1 aromatic heterocycles. The van der Waals surface area contributed by atoms with E-state index >= 15 is 0 Å². The van der Waals surface area contributed by atoms with Crippen LogP contribution in [0.2, 0.25) is 5.02 Å². The average molecular weight is 330 g/mol. The maximum absolute atomic E-state index is 11.8. The number of aromatic carboxylic acids is 1. The van der Waals surface area contributed by atoms with Crippen LogP contribution in [0.15, 0.2) is 48.5 Å². The smallest absolute Gasteiger partial charge is 0.353 e. The van der Waals surface area contributed by atoms with Crippen LogP contribution < -0.4 is 0 Å². The van der Waals surface area contributed by atoms with Gasteiger partial charge in [-0.05, 0) is 24.1 Å². The van der Waals surface area contributed by atoms with E-state index < -0.39 is 5.97 Å². The minimum atomic E-state index is -0.988. The van der Waals surface area contributed by atoms with Crippen molar-refractivity contribution in [3.63, 3.8) is 0 Å². The summed E-state index contributed by atoms with van der Waals surface area (Å²) in [6.07, 6.45) is 0.481. The van der Waals surface area contributed by atoms with E-state index in [-0.39, 0.29) is 12.3 Å². The van der Waals surface area contributed by atoms with Gasteiger partial charge >= 0.3 is 5.97 Å². The molecule has 2 aromatic carbocycles. The first-order valence-corrected chi connectivity index (χ1v) is 7.72. The van der Waals surface area contributed by atoms with Gasteiger partial charge in [-0.1, -0.05) is 48.0 Å². The second-order valence-electron chi connectivity index (χ2n) is 5.29. The summed E-state index contributed by atoms with van der Waals surface area (Å²) < 4.78 is 1.76. The minimum absolute atomic E-state index is 0.00255. The highest BCUT2D eigenvalue weighted by Gasteiger charge is 2.22. The summed E-state index contributed by atoms with van der Waals surface area (Å²) in [4.78, 5) is 11.8. The number of hydrogen-bond donors (Lipinski definition) is 2. The fourth-order valence-corrected chi connectivity index (χ4v) is 3.08. The highest BCUT2D eigenvalue weighted by atomic mass is 35.5. The molecule has 4 nitrogen and oxygen atoms in total. The van der Waals surface area contributed by atoms with E-state index in [9.17, 15) is 9.90 Å². The normalized spacial score (nSPS) is 11.0. The molecule has 118 valence electrons. The molecule has 0 radical (unpaired) electrons. The first-order valence-electron chi connectivity index (χ1n) is 7.35. The van der Waals surface area contributed by atoms with Crippen LogP contribution in [-0.2, 0) is 6.54 Å². The van der Waals surface area contributed by atoms with Crippen LogP contribution in [0.3, 0.4) is 0 Å². The van der Waals surface area contributed by atoms with Crippen molar-refractivity contribution in [1.29, 1.82) is 0 Å². The highest BCUT2D eigenvalue weighted by molar-refractivity contribution is 6.31. The molecule has 23 heavy (non-hydrogen) atoms. The Morgan fingerprint density at radius 2 is 1.83 bits per heavy atom. The molecule has 0 aliphatic carbocycles. The molecule has 5 heteroatoms. The molecule has 0 saturated heterocycles. The number of nitrogens with zero attached hydrogens (tertiary/aromatic N) is 1. The zero-order valence-electron chi connectivity index (χ0n) is 12.4. The number of carboxylic acids is 1. The summed E-state index contributed by atoms with van der Waals surface area (Å²) in [5.74, 6) is -0.988. The molecule has 3 rings (SSSR count). The van der Waals surface area contributed by atoms with E-state index in [0.29, 0.717) is 23.4 Å². The van der Waals surface area contributed by atoms with Crippen molar-refractivity contribution in [2.24, 2.45) is 0 Å². The second-order valence-corrected chi connectivity index (χ2v) is 5.72. The Balaban J connectivity index is 2.38. The Hall–Kier alpha value is -2.30. The van der Waals surface area contributed by atoms with Gasteiger partial charge in [0.25, 0.3) is 0 Å². The first-order chi connectivity index (χ1) is 11.1. The standard InChI is InChI=1S/C18H16ClNO3/c19-13-7-8-14-15(11-13)16(12-5-2-1-3-6-12)20(9-4-10-21)17(14)18(22)23/h1-3,5-8,11,21H,4,9-10H2,(H,22,23). The Kier molecular flexibility index (Phi) is 4.37. The summed E-state index contributed by atoms with van der Waals surface area (Å²) >= 11 is 6.13. The van der Waals surface area contributed by atoms with Crippen LogP contribution in [0.1, 0.15) is 16.9 Å². The van der Waals surface area contributed by atoms with Crippen molar-refractivity contribution in [1.82, 2.24) is 4.57 Å². The summed E-state index contributed by atoms with van der Waals surface area (Å²) in [6.45, 7) is 0.428. The molecular formula is C18H16ClNO3. The van der Waals surface area contributed by atoms with Crippen LogP contribution in [-0.4, -0.2) is 27.4 Å². The maximum Gasteiger partial charge on any atom is 0.353 e. The number of fused-ring (bicyclic) bond motifs is 1. The maximum atomic E-state index is 11.8. The number of benzene rings is 2. The van der Waals surface area contributed by atoms with Crippen molar-refractivity contribution < 1.29 is 15.0 Å². The molecule has 0 saturated carbocycles. The lowest BCUT2D eigenvalue weighted by Gasteiger charge is -2.11. The van der Waals surface area contributed by atoms with Crippen LogP contribution in [0.4, 0.5) is 0 Å². The predicted molar refractivity (Wildman–Crippen MR) is 91.0 cm³/mol. The topological polar surface area (TPSA) is 62.5 Å². The number of aliphatic hydroxyl groups is 1. The third-order valence-electron chi connectivity index (χ3n) is 3.82. The zero-order chi connectivity index (χ0) is 16.4. The minimum Gasteiger partial charge on any atom is -0.477 e. The molecule has 0 amide bonds. The molecule has 2 N–H and O–H groups in total. The Labute approximate surface area is 138 Å². The molecule has 0 spiro atoms. The quantitative estimate of drug-likeness (QED) is 0.742. The van der Waals surface area contributed by atoms with Crippen LogP contribution >= 0.6 is 11.6 Å². The average Bonchev–Trinajstić information content (AvgIpc) is 2.87. The van der Waals surface area contributed by atoms with E-state index in [4.69, 9.17) is 16.7 Å². The summed E-state index contributed by atoms with van der Waals surface area (Å²) in [6, 6.07) is 14.8. The molecule has 0 bridgehead atoms. The molecule has 0 fully saturated rings. The van der Waals surface area contributed by atoms with Gasteiger partial charge in [-0.2, -0.15) is 0 Å². The van der Waals surface area contributed by atoms with Crippen LogP contribution in [0.25, 0.3) is 22.0 Å². The van der Waals surface area contributed by atoms with Gasteiger partial charge in [-0.25, -0.2) is 4.79 Å². The number of aliphatic hydroxyl groups excluding tert-OH is 1. The van der Waals surface area contributed by atoms with E-state index in [1.165, 1.54) is 0 Å². The van der Waals surface area contributed by atoms with Gasteiger partial charge in [0.2, 0.25) is 0 Å². The molecular weight excluding hydrogens is 314 g/mol. The van der Waals surface area contributed by atoms with Crippen molar-refractivity contribution in [3.8, 4) is 11.3 Å². The van der Waals surface area contributed by atoms with Gasteiger partial charge in [-0.15, -0.1) is 0 Å². The molecule has 1 heterocycles. The molecule has 0 atom stereocenters. The van der Waals surface area contributed by atoms with Gasteiger partial charge < -0.3 is 14.8 Å². The van der Waals surface area contributed by atoms with Crippen molar-refractivity contribution in [3.05, 3.63) is 59.2 Å². The SMILES string of the molecule is O=C(O)c1c2ccc(Cl)cc2c(-c2ccccc2)n1CCCO. The van der Waals surface area contributed by atoms with Crippen LogP contribution in [0, 0.1) is 0 Å². The van der Waals surface area contributed by atoms with Crippen molar-refractivity contribution >= 4 is 28.3 Å². The molecule has 3 aromatic rings. The number of carboxylic acid groups (broad SMARTS) is 1.